The first-order chi connectivity index (χ1) is 12.4. The van der Waals surface area contributed by atoms with E-state index in [4.69, 9.17) is 0 Å². The van der Waals surface area contributed by atoms with Crippen molar-refractivity contribution < 1.29 is 14.1 Å². The Bertz CT molecular complexity index is 873. The second-order valence-electron chi connectivity index (χ2n) is 6.20. The molecule has 1 amide bonds. The van der Waals surface area contributed by atoms with E-state index in [1.807, 2.05) is 0 Å². The molecule has 0 fully saturated rings. The Kier molecular flexibility index (Phi) is 5.13. The van der Waals surface area contributed by atoms with Crippen molar-refractivity contribution in [2.24, 2.45) is 0 Å². The molecule has 1 heterocycles. The van der Waals surface area contributed by atoms with Crippen molar-refractivity contribution in [3.05, 3.63) is 63.5 Å². The number of rotatable bonds is 4. The zero-order valence-corrected chi connectivity index (χ0v) is 15.2. The lowest BCUT2D eigenvalue weighted by atomic mass is 10.0. The van der Waals surface area contributed by atoms with Crippen LogP contribution in [-0.2, 0) is 0 Å². The second-order valence-corrected chi connectivity index (χ2v) is 7.34. The molecule has 0 bridgehead atoms. The molecule has 0 saturated heterocycles. The largest absolute Gasteiger partial charge is 0.377 e. The lowest BCUT2D eigenvalue weighted by Gasteiger charge is -2.26. The van der Waals surface area contributed by atoms with Gasteiger partial charge in [-0.25, -0.2) is 4.39 Å². The predicted molar refractivity (Wildman–Crippen MR) is 99.4 cm³/mol. The van der Waals surface area contributed by atoms with Gasteiger partial charge in [-0.2, -0.15) is 0 Å². The molecule has 1 atom stereocenters. The smallest absolute Gasteiger partial charge is 0.270 e. The molecule has 1 unspecified atom stereocenters. The number of benzene rings is 2. The van der Waals surface area contributed by atoms with Gasteiger partial charge in [0, 0.05) is 42.6 Å². The molecule has 0 spiro atoms. The topological polar surface area (TPSA) is 75.5 Å². The minimum Gasteiger partial charge on any atom is -0.377 e. The summed E-state index contributed by atoms with van der Waals surface area (Å²) in [4.78, 5) is 26.0. The molecular weight excluding hydrogens is 357 g/mol. The monoisotopic (exact) mass is 375 g/mol. The van der Waals surface area contributed by atoms with Crippen molar-refractivity contribution in [1.82, 2.24) is 5.32 Å². The number of nitrogens with one attached hydrogen (secondary N) is 1. The number of fused-ring (bicyclic) bond motifs is 1. The summed E-state index contributed by atoms with van der Waals surface area (Å²) in [5.74, 6) is 0.0401. The number of nitro groups is 1. The first-order valence-electron chi connectivity index (χ1n) is 8.05. The van der Waals surface area contributed by atoms with Crippen molar-refractivity contribution in [3.8, 4) is 0 Å². The SMILES string of the molecule is CN(C)c1ccc([N+](=O)[O-])cc1C(=O)NC1CCSc2ccc(F)cc21. The molecule has 2 aromatic rings. The van der Waals surface area contributed by atoms with Crippen LogP contribution in [0, 0.1) is 15.9 Å². The molecule has 0 aliphatic carbocycles. The average molecular weight is 375 g/mol. The van der Waals surface area contributed by atoms with E-state index in [0.717, 1.165) is 16.2 Å². The van der Waals surface area contributed by atoms with E-state index in [0.29, 0.717) is 12.1 Å². The molecule has 26 heavy (non-hydrogen) atoms. The van der Waals surface area contributed by atoms with Gasteiger partial charge in [-0.3, -0.25) is 14.9 Å². The van der Waals surface area contributed by atoms with Gasteiger partial charge in [-0.15, -0.1) is 11.8 Å². The van der Waals surface area contributed by atoms with E-state index in [1.165, 1.54) is 24.3 Å². The number of hydrogen-bond donors (Lipinski definition) is 1. The molecule has 6 nitrogen and oxygen atoms in total. The molecule has 1 aliphatic rings. The highest BCUT2D eigenvalue weighted by molar-refractivity contribution is 7.99. The van der Waals surface area contributed by atoms with Crippen molar-refractivity contribution in [3.63, 3.8) is 0 Å². The normalized spacial score (nSPS) is 15.9. The Balaban J connectivity index is 1.93. The summed E-state index contributed by atoms with van der Waals surface area (Å²) in [7, 11) is 3.53. The summed E-state index contributed by atoms with van der Waals surface area (Å²) < 4.78 is 13.6. The van der Waals surface area contributed by atoms with Gasteiger partial charge >= 0.3 is 0 Å². The van der Waals surface area contributed by atoms with Crippen molar-refractivity contribution >= 4 is 29.0 Å². The molecule has 2 aromatic carbocycles. The third-order valence-corrected chi connectivity index (χ3v) is 5.36. The summed E-state index contributed by atoms with van der Waals surface area (Å²) in [6.45, 7) is 0. The number of carbonyl (C=O) groups is 1. The van der Waals surface area contributed by atoms with Gasteiger partial charge in [0.2, 0.25) is 0 Å². The van der Waals surface area contributed by atoms with Crippen LogP contribution >= 0.6 is 11.8 Å². The quantitative estimate of drug-likeness (QED) is 0.650. The number of hydrogen-bond acceptors (Lipinski definition) is 5. The molecular formula is C18H18FN3O3S. The maximum Gasteiger partial charge on any atom is 0.270 e. The maximum atomic E-state index is 13.6. The highest BCUT2D eigenvalue weighted by Crippen LogP contribution is 2.37. The number of nitrogens with zero attached hydrogens (tertiary/aromatic N) is 2. The van der Waals surface area contributed by atoms with Crippen molar-refractivity contribution in [2.75, 3.05) is 24.7 Å². The third kappa shape index (κ3) is 3.65. The molecule has 136 valence electrons. The van der Waals surface area contributed by atoms with Gasteiger partial charge < -0.3 is 10.2 Å². The zero-order chi connectivity index (χ0) is 18.8. The van der Waals surface area contributed by atoms with Gasteiger partial charge in [-0.05, 0) is 36.2 Å². The number of amides is 1. The van der Waals surface area contributed by atoms with Gasteiger partial charge in [0.25, 0.3) is 11.6 Å². The second kappa shape index (κ2) is 7.33. The molecule has 0 aromatic heterocycles. The van der Waals surface area contributed by atoms with Gasteiger partial charge in [0.05, 0.1) is 16.5 Å². The number of thioether (sulfide) groups is 1. The van der Waals surface area contributed by atoms with Crippen LogP contribution in [0.1, 0.15) is 28.4 Å². The number of nitro benzene ring substituents is 1. The van der Waals surface area contributed by atoms with Crippen LogP contribution in [0.2, 0.25) is 0 Å². The highest BCUT2D eigenvalue weighted by atomic mass is 32.2. The van der Waals surface area contributed by atoms with E-state index < -0.39 is 10.8 Å². The molecule has 0 saturated carbocycles. The lowest BCUT2D eigenvalue weighted by molar-refractivity contribution is -0.384. The minimum absolute atomic E-state index is 0.147. The van der Waals surface area contributed by atoms with Crippen LogP contribution in [0.4, 0.5) is 15.8 Å². The summed E-state index contributed by atoms with van der Waals surface area (Å²) in [5, 5.41) is 14.0. The van der Waals surface area contributed by atoms with Crippen LogP contribution < -0.4 is 10.2 Å². The minimum atomic E-state index is -0.530. The standard InChI is InChI=1S/C18H18FN3O3S/c1-21(2)16-5-4-12(22(24)25)10-14(16)18(23)20-15-7-8-26-17-6-3-11(19)9-13(15)17/h3-6,9-10,15H,7-8H2,1-2H3,(H,20,23). The molecule has 8 heteroatoms. The van der Waals surface area contributed by atoms with E-state index in [9.17, 15) is 19.3 Å². The predicted octanol–water partition coefficient (Wildman–Crippen LogP) is 3.77. The van der Waals surface area contributed by atoms with E-state index in [2.05, 4.69) is 5.32 Å². The first kappa shape index (κ1) is 18.2. The van der Waals surface area contributed by atoms with Crippen LogP contribution in [0.5, 0.6) is 0 Å². The van der Waals surface area contributed by atoms with E-state index >= 15 is 0 Å². The Morgan fingerprint density at radius 1 is 1.31 bits per heavy atom. The number of anilines is 1. The Morgan fingerprint density at radius 2 is 2.08 bits per heavy atom. The lowest BCUT2D eigenvalue weighted by Crippen LogP contribution is -2.32. The van der Waals surface area contributed by atoms with Gasteiger partial charge in [0.15, 0.2) is 0 Å². The van der Waals surface area contributed by atoms with Gasteiger partial charge in [0.1, 0.15) is 5.82 Å². The summed E-state index contributed by atoms with van der Waals surface area (Å²) in [6.07, 6.45) is 0.666. The van der Waals surface area contributed by atoms with Crippen molar-refractivity contribution in [2.45, 2.75) is 17.4 Å². The van der Waals surface area contributed by atoms with Gasteiger partial charge in [-0.1, -0.05) is 0 Å². The first-order valence-corrected chi connectivity index (χ1v) is 9.04. The zero-order valence-electron chi connectivity index (χ0n) is 14.4. The van der Waals surface area contributed by atoms with E-state index in [-0.39, 0.29) is 23.1 Å². The van der Waals surface area contributed by atoms with Crippen LogP contribution in [-0.4, -0.2) is 30.7 Å². The fraction of sp³-hybridized carbons (Fsp3) is 0.278. The molecule has 1 N–H and O–H groups in total. The fourth-order valence-corrected chi connectivity index (χ4v) is 4.07. The van der Waals surface area contributed by atoms with Crippen molar-refractivity contribution in [1.29, 1.82) is 0 Å². The third-order valence-electron chi connectivity index (χ3n) is 4.23. The Hall–Kier alpha value is -2.61. The molecule has 1 aliphatic heterocycles. The van der Waals surface area contributed by atoms with Crippen LogP contribution in [0.15, 0.2) is 41.3 Å². The fourth-order valence-electron chi connectivity index (χ4n) is 2.96. The highest BCUT2D eigenvalue weighted by Gasteiger charge is 2.25. The number of carbonyl (C=O) groups excluding carboxylic acids is 1. The maximum absolute atomic E-state index is 13.6. The summed E-state index contributed by atoms with van der Waals surface area (Å²) >= 11 is 1.62. The van der Waals surface area contributed by atoms with Crippen LogP contribution in [0.25, 0.3) is 0 Å². The molecule has 0 radical (unpaired) electrons. The number of non-ortho nitro benzene ring substituents is 1. The summed E-state index contributed by atoms with van der Waals surface area (Å²) in [6, 6.07) is 8.42. The van der Waals surface area contributed by atoms with Crippen LogP contribution in [0.3, 0.4) is 0 Å². The Labute approximate surface area is 154 Å². The number of halogens is 1. The molecule has 3 rings (SSSR count). The average Bonchev–Trinajstić information content (AvgIpc) is 2.61. The summed E-state index contributed by atoms with van der Waals surface area (Å²) in [5.41, 5.74) is 1.40. The Morgan fingerprint density at radius 3 is 2.77 bits per heavy atom. The van der Waals surface area contributed by atoms with E-state index in [1.54, 1.807) is 42.9 Å².